The first-order valence-corrected chi connectivity index (χ1v) is 15.1. The highest BCUT2D eigenvalue weighted by Crippen LogP contribution is 2.49. The summed E-state index contributed by atoms with van der Waals surface area (Å²) in [4.78, 5) is 30.5. The van der Waals surface area contributed by atoms with E-state index in [0.29, 0.717) is 29.4 Å². The lowest BCUT2D eigenvalue weighted by atomic mass is 9.74. The molecule has 5 rings (SSSR count). The summed E-state index contributed by atoms with van der Waals surface area (Å²) in [6.07, 6.45) is 0.995. The van der Waals surface area contributed by atoms with Gasteiger partial charge in [0.25, 0.3) is 0 Å². The normalized spacial score (nSPS) is 25.1. The van der Waals surface area contributed by atoms with Gasteiger partial charge in [0.1, 0.15) is 5.75 Å². The predicted octanol–water partition coefficient (Wildman–Crippen LogP) is 7.03. The number of carbonyl (C=O) groups is 2. The number of rotatable bonds is 6. The number of amides is 1. The van der Waals surface area contributed by atoms with E-state index in [1.165, 1.54) is 11.6 Å². The number of hydrogen-bond acceptors (Lipinski definition) is 5. The molecule has 2 aromatic rings. The number of fused-ring (bicyclic) bond motifs is 1. The van der Waals surface area contributed by atoms with Crippen LogP contribution >= 0.6 is 0 Å². The molecule has 2 heterocycles. The Kier molecular flexibility index (Phi) is 8.88. The van der Waals surface area contributed by atoms with Crippen molar-refractivity contribution >= 4 is 11.9 Å². The highest BCUT2D eigenvalue weighted by Gasteiger charge is 2.51. The third-order valence-corrected chi connectivity index (χ3v) is 9.62. The van der Waals surface area contributed by atoms with E-state index in [1.54, 1.807) is 17.9 Å². The average Bonchev–Trinajstić information content (AvgIpc) is 3.29. The van der Waals surface area contributed by atoms with Gasteiger partial charge in [-0.3, -0.25) is 4.79 Å². The fourth-order valence-electron chi connectivity index (χ4n) is 7.14. The minimum Gasteiger partial charge on any atom is -0.473 e. The van der Waals surface area contributed by atoms with Gasteiger partial charge in [0.2, 0.25) is 5.91 Å². The summed E-state index contributed by atoms with van der Waals surface area (Å²) in [5.41, 5.74) is 0.839. The van der Waals surface area contributed by atoms with Crippen LogP contribution in [0.1, 0.15) is 92.3 Å². The van der Waals surface area contributed by atoms with Gasteiger partial charge >= 0.3 is 12.1 Å². The Bertz CT molecular complexity index is 1300. The first kappa shape index (κ1) is 30.4. The fraction of sp³-hybridized carbons (Fsp3) is 0.576. The number of halogens is 3. The maximum atomic E-state index is 14.1. The minimum absolute atomic E-state index is 0.0217. The van der Waals surface area contributed by atoms with Crippen LogP contribution in [-0.4, -0.2) is 54.1 Å². The molecule has 0 N–H and O–H groups in total. The Balaban J connectivity index is 1.26. The second kappa shape index (κ2) is 12.3. The summed E-state index contributed by atoms with van der Waals surface area (Å²) in [6.45, 7) is 8.35. The van der Waals surface area contributed by atoms with Crippen molar-refractivity contribution < 1.29 is 32.2 Å². The fourth-order valence-corrected chi connectivity index (χ4v) is 7.14. The van der Waals surface area contributed by atoms with E-state index < -0.39 is 17.2 Å². The lowest BCUT2D eigenvalue weighted by Gasteiger charge is -2.40. The van der Waals surface area contributed by atoms with Gasteiger partial charge in [0, 0.05) is 11.6 Å². The molecule has 2 aliphatic heterocycles. The molecule has 1 aliphatic carbocycles. The van der Waals surface area contributed by atoms with E-state index in [-0.39, 0.29) is 37.1 Å². The predicted molar refractivity (Wildman–Crippen MR) is 153 cm³/mol. The molecule has 6 nitrogen and oxygen atoms in total. The number of nitrogens with zero attached hydrogens (tertiary/aromatic N) is 2. The summed E-state index contributed by atoms with van der Waals surface area (Å²) >= 11 is 0. The summed E-state index contributed by atoms with van der Waals surface area (Å²) in [5, 5.41) is 0. The standard InChI is InChI=1S/C33H41F3N2O4/c1-4-41-30(39)25-8-5-7-24(17-25)23-9-6-15-37(16-13-23)28-12-14-32(19-28,22(2)3)31(40)38-20-26-18-27(33(34,35)36)10-11-29(26)42-21-38/h5,7-8,10-11,17-18,22-23,28H,4,6,9,12-16,19-21H2,1-3H3/t23-,28+,32-/m0/s1. The van der Waals surface area contributed by atoms with Crippen molar-refractivity contribution in [3.63, 3.8) is 0 Å². The smallest absolute Gasteiger partial charge is 0.416 e. The number of likely N-dealkylation sites (tertiary alicyclic amines) is 1. The molecular formula is C33H41F3N2O4. The van der Waals surface area contributed by atoms with E-state index >= 15 is 0 Å². The van der Waals surface area contributed by atoms with Gasteiger partial charge in [-0.05, 0) is 106 Å². The third kappa shape index (κ3) is 6.17. The van der Waals surface area contributed by atoms with Crippen LogP contribution in [0.15, 0.2) is 42.5 Å². The van der Waals surface area contributed by atoms with Gasteiger partial charge in [-0.1, -0.05) is 26.0 Å². The van der Waals surface area contributed by atoms with Crippen LogP contribution in [-0.2, 0) is 22.3 Å². The van der Waals surface area contributed by atoms with Gasteiger partial charge in [0.05, 0.1) is 29.7 Å². The van der Waals surface area contributed by atoms with Crippen LogP contribution in [0, 0.1) is 11.3 Å². The van der Waals surface area contributed by atoms with Gasteiger partial charge < -0.3 is 19.3 Å². The van der Waals surface area contributed by atoms with E-state index in [1.807, 2.05) is 12.1 Å². The van der Waals surface area contributed by atoms with Gasteiger partial charge in [-0.15, -0.1) is 0 Å². The van der Waals surface area contributed by atoms with Crippen LogP contribution in [0.25, 0.3) is 0 Å². The van der Waals surface area contributed by atoms with Gasteiger partial charge in [-0.25, -0.2) is 4.79 Å². The maximum Gasteiger partial charge on any atom is 0.416 e. The molecule has 0 aromatic heterocycles. The monoisotopic (exact) mass is 586 g/mol. The molecule has 228 valence electrons. The van der Waals surface area contributed by atoms with Crippen LogP contribution in [0.2, 0.25) is 0 Å². The molecular weight excluding hydrogens is 545 g/mol. The van der Waals surface area contributed by atoms with Crippen LogP contribution in [0.3, 0.4) is 0 Å². The van der Waals surface area contributed by atoms with Crippen molar-refractivity contribution in [3.8, 4) is 5.75 Å². The molecule has 0 spiro atoms. The molecule has 1 saturated heterocycles. The molecule has 0 unspecified atom stereocenters. The molecule has 9 heteroatoms. The highest BCUT2D eigenvalue weighted by molar-refractivity contribution is 5.89. The zero-order valence-electron chi connectivity index (χ0n) is 24.7. The second-order valence-corrected chi connectivity index (χ2v) is 12.3. The summed E-state index contributed by atoms with van der Waals surface area (Å²) in [6, 6.07) is 11.5. The molecule has 42 heavy (non-hydrogen) atoms. The topological polar surface area (TPSA) is 59.1 Å². The van der Waals surface area contributed by atoms with Crippen molar-refractivity contribution in [1.82, 2.24) is 9.80 Å². The first-order valence-electron chi connectivity index (χ1n) is 15.1. The van der Waals surface area contributed by atoms with Crippen LogP contribution in [0.4, 0.5) is 13.2 Å². The lowest BCUT2D eigenvalue weighted by Crippen LogP contribution is -2.49. The lowest BCUT2D eigenvalue weighted by molar-refractivity contribution is -0.150. The number of alkyl halides is 3. The number of esters is 1. The van der Waals surface area contributed by atoms with E-state index in [2.05, 4.69) is 24.8 Å². The third-order valence-electron chi connectivity index (χ3n) is 9.62. The average molecular weight is 587 g/mol. The van der Waals surface area contributed by atoms with Crippen LogP contribution in [0.5, 0.6) is 5.75 Å². The molecule has 2 fully saturated rings. The summed E-state index contributed by atoms with van der Waals surface area (Å²) in [5.74, 6) is 0.532. The number of ether oxygens (including phenoxy) is 2. The van der Waals surface area contributed by atoms with Gasteiger partial charge in [-0.2, -0.15) is 13.2 Å². The Hall–Kier alpha value is -3.07. The Morgan fingerprint density at radius 3 is 2.64 bits per heavy atom. The number of hydrogen-bond donors (Lipinski definition) is 0. The first-order chi connectivity index (χ1) is 20.0. The van der Waals surface area contributed by atoms with Crippen LogP contribution < -0.4 is 4.74 Å². The van der Waals surface area contributed by atoms with E-state index in [4.69, 9.17) is 9.47 Å². The zero-order valence-corrected chi connectivity index (χ0v) is 24.7. The largest absolute Gasteiger partial charge is 0.473 e. The number of benzene rings is 2. The van der Waals surface area contributed by atoms with Crippen molar-refractivity contribution in [1.29, 1.82) is 0 Å². The van der Waals surface area contributed by atoms with E-state index in [0.717, 1.165) is 63.7 Å². The van der Waals surface area contributed by atoms with E-state index in [9.17, 15) is 22.8 Å². The Morgan fingerprint density at radius 1 is 1.10 bits per heavy atom. The summed E-state index contributed by atoms with van der Waals surface area (Å²) in [7, 11) is 0. The molecule has 0 bridgehead atoms. The molecule has 2 aromatic carbocycles. The van der Waals surface area contributed by atoms with Crippen molar-refractivity contribution in [2.45, 2.75) is 84.0 Å². The minimum atomic E-state index is -4.45. The highest BCUT2D eigenvalue weighted by atomic mass is 19.4. The Morgan fingerprint density at radius 2 is 1.90 bits per heavy atom. The Labute approximate surface area is 246 Å². The molecule has 0 radical (unpaired) electrons. The molecule has 3 atom stereocenters. The number of carbonyl (C=O) groups excluding carboxylic acids is 2. The maximum absolute atomic E-state index is 14.1. The second-order valence-electron chi connectivity index (χ2n) is 12.3. The zero-order chi connectivity index (χ0) is 30.1. The van der Waals surface area contributed by atoms with Crippen molar-refractivity contribution in [2.75, 3.05) is 26.4 Å². The van der Waals surface area contributed by atoms with Crippen molar-refractivity contribution in [2.24, 2.45) is 11.3 Å². The SMILES string of the molecule is CCOC(=O)c1cccc([C@H]2CCCN([C@@H]3CC[C@@](C(=O)N4COc5ccc(C(F)(F)F)cc5C4)(C(C)C)C3)CC2)c1. The molecule has 1 amide bonds. The van der Waals surface area contributed by atoms with Crippen molar-refractivity contribution in [3.05, 3.63) is 64.7 Å². The quantitative estimate of drug-likeness (QED) is 0.341. The molecule has 1 saturated carbocycles. The molecule has 3 aliphatic rings. The van der Waals surface area contributed by atoms with Gasteiger partial charge in [0.15, 0.2) is 6.73 Å². The summed E-state index contributed by atoms with van der Waals surface area (Å²) < 4.78 is 50.9.